The molecule has 0 aliphatic carbocycles. The first-order valence-corrected chi connectivity index (χ1v) is 9.82. The summed E-state index contributed by atoms with van der Waals surface area (Å²) in [5.74, 6) is 0.0318. The molecule has 0 radical (unpaired) electrons. The van der Waals surface area contributed by atoms with Crippen molar-refractivity contribution >= 4 is 50.8 Å². The normalized spacial score (nSPS) is 12.3. The van der Waals surface area contributed by atoms with Crippen LogP contribution in [0.1, 0.15) is 18.5 Å². The molecule has 2 heterocycles. The quantitative estimate of drug-likeness (QED) is 0.531. The fourth-order valence-electron chi connectivity index (χ4n) is 2.43. The van der Waals surface area contributed by atoms with Gasteiger partial charge in [0.2, 0.25) is 5.91 Å². The van der Waals surface area contributed by atoms with Crippen LogP contribution in [0, 0.1) is 0 Å². The van der Waals surface area contributed by atoms with Crippen LogP contribution >= 0.6 is 34.7 Å². The Kier molecular flexibility index (Phi) is 5.46. The topological polar surface area (TPSA) is 64.0 Å². The summed E-state index contributed by atoms with van der Waals surface area (Å²) in [6.07, 6.45) is 0. The van der Waals surface area contributed by atoms with E-state index in [1.54, 1.807) is 19.2 Å². The van der Waals surface area contributed by atoms with E-state index in [2.05, 4.69) is 10.3 Å². The van der Waals surface area contributed by atoms with E-state index in [0.29, 0.717) is 20.4 Å². The number of halogens is 1. The number of carbonyl (C=O) groups excluding carboxylic acids is 1. The number of rotatable bonds is 5. The second kappa shape index (κ2) is 7.59. The zero-order chi connectivity index (χ0) is 18.0. The van der Waals surface area contributed by atoms with Crippen LogP contribution in [0.15, 0.2) is 45.7 Å². The van der Waals surface area contributed by atoms with E-state index in [-0.39, 0.29) is 23.3 Å². The Balaban J connectivity index is 1.68. The molecule has 0 spiro atoms. The Labute approximate surface area is 158 Å². The molecule has 0 bridgehead atoms. The molecule has 25 heavy (non-hydrogen) atoms. The fraction of sp³-hybridized carbons (Fsp3) is 0.235. The molecule has 1 amide bonds. The third kappa shape index (κ3) is 3.89. The summed E-state index contributed by atoms with van der Waals surface area (Å²) in [5, 5.41) is 6.51. The van der Waals surface area contributed by atoms with Gasteiger partial charge in [-0.3, -0.25) is 14.2 Å². The first kappa shape index (κ1) is 18.0. The van der Waals surface area contributed by atoms with Crippen LogP contribution in [0.3, 0.4) is 0 Å². The molecule has 0 saturated carbocycles. The number of amides is 1. The van der Waals surface area contributed by atoms with Gasteiger partial charge in [-0.05, 0) is 30.0 Å². The van der Waals surface area contributed by atoms with Gasteiger partial charge in [0.05, 0.1) is 17.2 Å². The summed E-state index contributed by atoms with van der Waals surface area (Å²) in [7, 11) is 1.67. The van der Waals surface area contributed by atoms with Crippen molar-refractivity contribution in [2.75, 3.05) is 5.75 Å². The van der Waals surface area contributed by atoms with Gasteiger partial charge in [0, 0.05) is 12.1 Å². The fourth-order valence-corrected chi connectivity index (χ4v) is 4.31. The maximum Gasteiger partial charge on any atom is 0.262 e. The number of hydrogen-bond donors (Lipinski definition) is 1. The first-order valence-electron chi connectivity index (χ1n) is 7.58. The SMILES string of the molecule is CC(NC(=O)CSc1nc2sccc2c(=O)n1C)c1ccccc1Cl. The van der Waals surface area contributed by atoms with E-state index < -0.39 is 0 Å². The molecule has 1 N–H and O–H groups in total. The molecule has 1 aromatic carbocycles. The molecule has 0 aliphatic rings. The molecule has 8 heteroatoms. The molecule has 3 rings (SSSR count). The van der Waals surface area contributed by atoms with E-state index in [1.165, 1.54) is 27.7 Å². The van der Waals surface area contributed by atoms with E-state index in [9.17, 15) is 9.59 Å². The lowest BCUT2D eigenvalue weighted by Gasteiger charge is -2.15. The van der Waals surface area contributed by atoms with E-state index >= 15 is 0 Å². The number of carbonyl (C=O) groups is 1. The number of nitrogens with one attached hydrogen (secondary N) is 1. The third-order valence-electron chi connectivity index (χ3n) is 3.75. The zero-order valence-corrected chi connectivity index (χ0v) is 16.0. The smallest absolute Gasteiger partial charge is 0.262 e. The average molecular weight is 394 g/mol. The van der Waals surface area contributed by atoms with E-state index in [0.717, 1.165) is 5.56 Å². The van der Waals surface area contributed by atoms with Gasteiger partial charge in [0.1, 0.15) is 4.83 Å². The molecular formula is C17H16ClN3O2S2. The summed E-state index contributed by atoms with van der Waals surface area (Å²) >= 11 is 8.81. The minimum absolute atomic E-state index is 0.0985. The molecular weight excluding hydrogens is 378 g/mol. The van der Waals surface area contributed by atoms with Gasteiger partial charge in [-0.25, -0.2) is 4.98 Å². The van der Waals surface area contributed by atoms with Gasteiger partial charge in [-0.2, -0.15) is 0 Å². The Hall–Kier alpha value is -1.83. The number of fused-ring (bicyclic) bond motifs is 1. The summed E-state index contributed by atoms with van der Waals surface area (Å²) in [5.41, 5.74) is 0.770. The van der Waals surface area contributed by atoms with Crippen LogP contribution < -0.4 is 10.9 Å². The molecule has 3 aromatic rings. The number of thioether (sulfide) groups is 1. The number of thiophene rings is 1. The maximum absolute atomic E-state index is 12.3. The average Bonchev–Trinajstić information content (AvgIpc) is 3.05. The Morgan fingerprint density at radius 2 is 2.16 bits per heavy atom. The number of benzene rings is 1. The van der Waals surface area contributed by atoms with Gasteiger partial charge >= 0.3 is 0 Å². The molecule has 0 saturated heterocycles. The van der Waals surface area contributed by atoms with Crippen LogP contribution in [0.2, 0.25) is 5.02 Å². The molecule has 5 nitrogen and oxygen atoms in total. The second-order valence-electron chi connectivity index (χ2n) is 5.50. The van der Waals surface area contributed by atoms with Crippen LogP contribution in [0.25, 0.3) is 10.2 Å². The van der Waals surface area contributed by atoms with Gasteiger partial charge in [-0.15, -0.1) is 11.3 Å². The predicted molar refractivity (Wildman–Crippen MR) is 104 cm³/mol. The highest BCUT2D eigenvalue weighted by atomic mass is 35.5. The van der Waals surface area contributed by atoms with Crippen molar-refractivity contribution in [3.8, 4) is 0 Å². The highest BCUT2D eigenvalue weighted by molar-refractivity contribution is 7.99. The Morgan fingerprint density at radius 3 is 2.92 bits per heavy atom. The minimum atomic E-state index is -0.196. The highest BCUT2D eigenvalue weighted by Crippen LogP contribution is 2.23. The maximum atomic E-state index is 12.3. The molecule has 0 fully saturated rings. The molecule has 130 valence electrons. The largest absolute Gasteiger partial charge is 0.349 e. The van der Waals surface area contributed by atoms with Gasteiger partial charge in [0.25, 0.3) is 5.56 Å². The lowest BCUT2D eigenvalue weighted by atomic mass is 10.1. The number of hydrogen-bond acceptors (Lipinski definition) is 5. The number of aromatic nitrogens is 2. The van der Waals surface area contributed by atoms with Gasteiger partial charge in [0.15, 0.2) is 5.16 Å². The highest BCUT2D eigenvalue weighted by Gasteiger charge is 2.15. The first-order chi connectivity index (χ1) is 12.0. The van der Waals surface area contributed by atoms with Crippen molar-refractivity contribution in [2.45, 2.75) is 18.1 Å². The standard InChI is InChI=1S/C17H16ClN3O2S2/c1-10(11-5-3-4-6-13(11)18)19-14(22)9-25-17-20-15-12(7-8-24-15)16(23)21(17)2/h3-8,10H,9H2,1-2H3,(H,19,22). The molecule has 1 unspecified atom stereocenters. The van der Waals surface area contributed by atoms with Crippen LogP contribution in [-0.4, -0.2) is 21.2 Å². The van der Waals surface area contributed by atoms with Crippen molar-refractivity contribution in [3.63, 3.8) is 0 Å². The van der Waals surface area contributed by atoms with Crippen molar-refractivity contribution in [3.05, 3.63) is 56.7 Å². The van der Waals surface area contributed by atoms with Gasteiger partial charge < -0.3 is 5.32 Å². The summed E-state index contributed by atoms with van der Waals surface area (Å²) in [6, 6.07) is 8.98. The predicted octanol–water partition coefficient (Wildman–Crippen LogP) is 3.62. The van der Waals surface area contributed by atoms with Crippen molar-refractivity contribution < 1.29 is 4.79 Å². The van der Waals surface area contributed by atoms with Crippen molar-refractivity contribution in [1.29, 1.82) is 0 Å². The molecule has 0 aliphatic heterocycles. The van der Waals surface area contributed by atoms with Crippen LogP contribution in [0.4, 0.5) is 0 Å². The summed E-state index contributed by atoms with van der Waals surface area (Å²) < 4.78 is 1.48. The van der Waals surface area contributed by atoms with E-state index in [4.69, 9.17) is 11.6 Å². The zero-order valence-electron chi connectivity index (χ0n) is 13.7. The Bertz CT molecular complexity index is 983. The van der Waals surface area contributed by atoms with E-state index in [1.807, 2.05) is 30.5 Å². The van der Waals surface area contributed by atoms with Crippen LogP contribution in [-0.2, 0) is 11.8 Å². The van der Waals surface area contributed by atoms with Crippen LogP contribution in [0.5, 0.6) is 0 Å². The Morgan fingerprint density at radius 1 is 1.40 bits per heavy atom. The monoisotopic (exact) mass is 393 g/mol. The van der Waals surface area contributed by atoms with Crippen molar-refractivity contribution in [2.24, 2.45) is 7.05 Å². The lowest BCUT2D eigenvalue weighted by molar-refractivity contribution is -0.119. The van der Waals surface area contributed by atoms with Gasteiger partial charge in [-0.1, -0.05) is 41.6 Å². The number of nitrogens with zero attached hydrogens (tertiary/aromatic N) is 2. The lowest BCUT2D eigenvalue weighted by Crippen LogP contribution is -2.29. The summed E-state index contributed by atoms with van der Waals surface area (Å²) in [4.78, 5) is 29.6. The molecule has 2 aromatic heterocycles. The second-order valence-corrected chi connectivity index (χ2v) is 7.74. The van der Waals surface area contributed by atoms with Crippen molar-refractivity contribution in [1.82, 2.24) is 14.9 Å². The third-order valence-corrected chi connectivity index (χ3v) is 5.93. The molecule has 1 atom stereocenters. The minimum Gasteiger partial charge on any atom is -0.349 e. The summed E-state index contributed by atoms with van der Waals surface area (Å²) in [6.45, 7) is 1.88.